The first-order valence-corrected chi connectivity index (χ1v) is 3.63. The minimum atomic E-state index is -0.215. The highest BCUT2D eigenvalue weighted by molar-refractivity contribution is 5.75. The van der Waals surface area contributed by atoms with Gasteiger partial charge in [-0.2, -0.15) is 0 Å². The van der Waals surface area contributed by atoms with E-state index in [0.717, 1.165) is 0 Å². The van der Waals surface area contributed by atoms with Gasteiger partial charge in [0.2, 0.25) is 5.91 Å². The summed E-state index contributed by atoms with van der Waals surface area (Å²) < 4.78 is 0. The van der Waals surface area contributed by atoms with E-state index in [9.17, 15) is 4.79 Å². The Kier molecular flexibility index (Phi) is 3.48. The molecule has 0 bridgehead atoms. The van der Waals surface area contributed by atoms with Gasteiger partial charge in [-0.25, -0.2) is 5.84 Å². The minimum Gasteiger partial charge on any atom is -0.327 e. The summed E-state index contributed by atoms with van der Waals surface area (Å²) in [7, 11) is 0. The van der Waals surface area contributed by atoms with Gasteiger partial charge in [-0.1, -0.05) is 20.8 Å². The Hall–Kier alpha value is -0.610. The molecular formula is C7H17N3O. The number of rotatable bonds is 2. The summed E-state index contributed by atoms with van der Waals surface area (Å²) in [6.07, 6.45) is 0.278. The SMILES string of the molecule is CC(C)(C)C(N)CC(=O)NN. The highest BCUT2D eigenvalue weighted by atomic mass is 16.2. The second-order valence-electron chi connectivity index (χ2n) is 3.74. The van der Waals surface area contributed by atoms with Crippen LogP contribution in [0.4, 0.5) is 0 Å². The first kappa shape index (κ1) is 10.4. The predicted octanol–water partition coefficient (Wildman–Crippen LogP) is -0.260. The molecule has 0 heterocycles. The van der Waals surface area contributed by atoms with E-state index < -0.39 is 0 Å². The molecule has 0 aromatic rings. The molecule has 11 heavy (non-hydrogen) atoms. The lowest BCUT2D eigenvalue weighted by Crippen LogP contribution is -2.41. The van der Waals surface area contributed by atoms with E-state index in [1.807, 2.05) is 26.2 Å². The first-order chi connectivity index (χ1) is 4.88. The van der Waals surface area contributed by atoms with Crippen LogP contribution in [0.3, 0.4) is 0 Å². The van der Waals surface area contributed by atoms with Crippen molar-refractivity contribution in [1.82, 2.24) is 5.43 Å². The molecule has 4 heteroatoms. The predicted molar refractivity (Wildman–Crippen MR) is 44.4 cm³/mol. The maximum Gasteiger partial charge on any atom is 0.235 e. The van der Waals surface area contributed by atoms with Crippen molar-refractivity contribution < 1.29 is 4.79 Å². The molecule has 4 nitrogen and oxygen atoms in total. The topological polar surface area (TPSA) is 81.1 Å². The monoisotopic (exact) mass is 159 g/mol. The Morgan fingerprint density at radius 3 is 2.27 bits per heavy atom. The Morgan fingerprint density at radius 2 is 2.00 bits per heavy atom. The summed E-state index contributed by atoms with van der Waals surface area (Å²) in [4.78, 5) is 10.8. The van der Waals surface area contributed by atoms with E-state index in [4.69, 9.17) is 11.6 Å². The molecule has 0 aromatic carbocycles. The van der Waals surface area contributed by atoms with Gasteiger partial charge in [0.05, 0.1) is 0 Å². The van der Waals surface area contributed by atoms with E-state index in [0.29, 0.717) is 0 Å². The van der Waals surface area contributed by atoms with Crippen LogP contribution in [0.25, 0.3) is 0 Å². The second-order valence-corrected chi connectivity index (χ2v) is 3.74. The summed E-state index contributed by atoms with van der Waals surface area (Å²) in [5.41, 5.74) is 7.71. The van der Waals surface area contributed by atoms with E-state index in [1.54, 1.807) is 0 Å². The Balaban J connectivity index is 3.87. The second kappa shape index (κ2) is 3.69. The van der Waals surface area contributed by atoms with Gasteiger partial charge in [-0.05, 0) is 5.41 Å². The highest BCUT2D eigenvalue weighted by Crippen LogP contribution is 2.19. The third-order valence-electron chi connectivity index (χ3n) is 1.68. The highest BCUT2D eigenvalue weighted by Gasteiger charge is 2.22. The lowest BCUT2D eigenvalue weighted by atomic mass is 9.85. The summed E-state index contributed by atoms with van der Waals surface area (Å²) in [6, 6.07) is -0.147. The standard InChI is InChI=1S/C7H17N3O/c1-7(2,3)5(8)4-6(11)10-9/h5H,4,8-9H2,1-3H3,(H,10,11). The summed E-state index contributed by atoms with van der Waals surface area (Å²) in [5, 5.41) is 0. The van der Waals surface area contributed by atoms with Crippen molar-refractivity contribution >= 4 is 5.91 Å². The fourth-order valence-electron chi connectivity index (χ4n) is 0.565. The van der Waals surface area contributed by atoms with Crippen molar-refractivity contribution in [2.45, 2.75) is 33.2 Å². The number of hydrogen-bond donors (Lipinski definition) is 3. The van der Waals surface area contributed by atoms with Crippen molar-refractivity contribution in [3.05, 3.63) is 0 Å². The van der Waals surface area contributed by atoms with Crippen LogP contribution in [0.5, 0.6) is 0 Å². The van der Waals surface area contributed by atoms with Crippen LogP contribution in [0.1, 0.15) is 27.2 Å². The largest absolute Gasteiger partial charge is 0.327 e. The first-order valence-electron chi connectivity index (χ1n) is 3.63. The average molecular weight is 159 g/mol. The Morgan fingerprint density at radius 1 is 1.55 bits per heavy atom. The van der Waals surface area contributed by atoms with E-state index in [2.05, 4.69) is 0 Å². The molecule has 0 saturated heterocycles. The number of amides is 1. The van der Waals surface area contributed by atoms with Gasteiger partial charge in [-0.15, -0.1) is 0 Å². The maximum atomic E-state index is 10.8. The molecule has 0 radical (unpaired) electrons. The summed E-state index contributed by atoms with van der Waals surface area (Å²) >= 11 is 0. The van der Waals surface area contributed by atoms with Crippen molar-refractivity contribution in [2.24, 2.45) is 17.0 Å². The van der Waals surface area contributed by atoms with Gasteiger partial charge >= 0.3 is 0 Å². The zero-order valence-corrected chi connectivity index (χ0v) is 7.35. The Bertz CT molecular complexity index is 139. The van der Waals surface area contributed by atoms with Gasteiger partial charge in [0, 0.05) is 12.5 Å². The average Bonchev–Trinajstić information content (AvgIpc) is 1.85. The van der Waals surface area contributed by atoms with Gasteiger partial charge in [0.25, 0.3) is 0 Å². The molecule has 0 aliphatic carbocycles. The van der Waals surface area contributed by atoms with E-state index >= 15 is 0 Å². The third kappa shape index (κ3) is 3.95. The van der Waals surface area contributed by atoms with Crippen molar-refractivity contribution in [3.63, 3.8) is 0 Å². The summed E-state index contributed by atoms with van der Waals surface area (Å²) in [6.45, 7) is 5.96. The van der Waals surface area contributed by atoms with Gasteiger partial charge in [-0.3, -0.25) is 10.2 Å². The molecule has 1 amide bonds. The molecule has 5 N–H and O–H groups in total. The minimum absolute atomic E-state index is 0.0491. The molecule has 0 saturated carbocycles. The van der Waals surface area contributed by atoms with Crippen LogP contribution < -0.4 is 17.0 Å². The van der Waals surface area contributed by atoms with Crippen molar-refractivity contribution in [2.75, 3.05) is 0 Å². The summed E-state index contributed by atoms with van der Waals surface area (Å²) in [5.74, 6) is 4.69. The van der Waals surface area contributed by atoms with Crippen molar-refractivity contribution in [1.29, 1.82) is 0 Å². The number of hydrogen-bond acceptors (Lipinski definition) is 3. The fraction of sp³-hybridized carbons (Fsp3) is 0.857. The molecule has 0 rings (SSSR count). The Labute approximate surface area is 67.3 Å². The van der Waals surface area contributed by atoms with Crippen molar-refractivity contribution in [3.8, 4) is 0 Å². The molecule has 0 aliphatic rings. The van der Waals surface area contributed by atoms with E-state index in [-0.39, 0.29) is 23.8 Å². The van der Waals surface area contributed by atoms with Gasteiger partial charge in [0.15, 0.2) is 0 Å². The quantitative estimate of drug-likeness (QED) is 0.295. The molecule has 66 valence electrons. The number of carbonyl (C=O) groups excluding carboxylic acids is 1. The molecular weight excluding hydrogens is 142 g/mol. The van der Waals surface area contributed by atoms with Gasteiger partial charge < -0.3 is 5.73 Å². The molecule has 0 aromatic heterocycles. The van der Waals surface area contributed by atoms with Crippen LogP contribution in [-0.2, 0) is 4.79 Å². The molecule has 0 aliphatic heterocycles. The molecule has 0 spiro atoms. The normalized spacial score (nSPS) is 14.3. The smallest absolute Gasteiger partial charge is 0.235 e. The lowest BCUT2D eigenvalue weighted by molar-refractivity contribution is -0.122. The fourth-order valence-corrected chi connectivity index (χ4v) is 0.565. The number of nitrogens with two attached hydrogens (primary N) is 2. The maximum absolute atomic E-state index is 10.8. The third-order valence-corrected chi connectivity index (χ3v) is 1.68. The molecule has 1 atom stereocenters. The van der Waals surface area contributed by atoms with Crippen LogP contribution in [-0.4, -0.2) is 11.9 Å². The van der Waals surface area contributed by atoms with Crippen LogP contribution in [0.15, 0.2) is 0 Å². The zero-order valence-electron chi connectivity index (χ0n) is 7.35. The lowest BCUT2D eigenvalue weighted by Gasteiger charge is -2.25. The molecule has 0 fully saturated rings. The van der Waals surface area contributed by atoms with Gasteiger partial charge in [0.1, 0.15) is 0 Å². The number of carbonyl (C=O) groups is 1. The van der Waals surface area contributed by atoms with Crippen LogP contribution in [0.2, 0.25) is 0 Å². The van der Waals surface area contributed by atoms with Crippen LogP contribution >= 0.6 is 0 Å². The van der Waals surface area contributed by atoms with Crippen LogP contribution in [0, 0.1) is 5.41 Å². The van der Waals surface area contributed by atoms with E-state index in [1.165, 1.54) is 0 Å². The molecule has 1 unspecified atom stereocenters. The zero-order chi connectivity index (χ0) is 9.07. The number of hydrazine groups is 1. The number of nitrogens with one attached hydrogen (secondary N) is 1.